The Labute approximate surface area is 195 Å². The first kappa shape index (κ1) is 24.1. The number of rotatable bonds is 8. The molecule has 2 aromatic carbocycles. The number of benzene rings is 2. The first-order valence-corrected chi connectivity index (χ1v) is 12.0. The van der Waals surface area contributed by atoms with Crippen molar-refractivity contribution >= 4 is 0 Å². The average Bonchev–Trinajstić information content (AvgIpc) is 3.15. The molecule has 3 aromatic rings. The average molecular weight is 434 g/mol. The van der Waals surface area contributed by atoms with E-state index in [0.29, 0.717) is 0 Å². The molecule has 0 aliphatic heterocycles. The molecule has 1 aromatic heterocycles. The van der Waals surface area contributed by atoms with Crippen LogP contribution in [0.2, 0.25) is 0 Å². The Bertz CT molecular complexity index is 1050. The molecule has 172 valence electrons. The van der Waals surface area contributed by atoms with Gasteiger partial charge >= 0.3 is 0 Å². The van der Waals surface area contributed by atoms with Gasteiger partial charge in [0.25, 0.3) is 0 Å². The lowest BCUT2D eigenvalue weighted by atomic mass is 9.84. The number of imidazole rings is 1. The highest BCUT2D eigenvalue weighted by Crippen LogP contribution is 2.32. The summed E-state index contributed by atoms with van der Waals surface area (Å²) in [4.78, 5) is 0. The summed E-state index contributed by atoms with van der Waals surface area (Å²) in [5.41, 5.74) is 9.37. The minimum atomic E-state index is 0.163. The topological polar surface area (TPSA) is 18.0 Å². The van der Waals surface area contributed by atoms with E-state index in [2.05, 4.69) is 108 Å². The predicted octanol–water partition coefficient (Wildman–Crippen LogP) is 6.72. The molecule has 0 saturated carbocycles. The fraction of sp³-hybridized carbons (Fsp3) is 0.483. The monoisotopic (exact) mass is 433 g/mol. The zero-order valence-electron chi connectivity index (χ0n) is 21.4. The normalized spacial score (nSPS) is 11.8. The quantitative estimate of drug-likeness (QED) is 0.285. The van der Waals surface area contributed by atoms with E-state index in [9.17, 15) is 0 Å². The molecular weight excluding hydrogens is 392 g/mol. The van der Waals surface area contributed by atoms with Crippen LogP contribution in [0.15, 0.2) is 43.0 Å². The van der Waals surface area contributed by atoms with Crippen LogP contribution in [0.3, 0.4) is 0 Å². The fourth-order valence-corrected chi connectivity index (χ4v) is 4.56. The van der Waals surface area contributed by atoms with Crippen LogP contribution in [-0.4, -0.2) is 11.2 Å². The molecule has 0 unspecified atom stereocenters. The molecule has 0 amide bonds. The van der Waals surface area contributed by atoms with Crippen LogP contribution in [0.4, 0.5) is 0 Å². The van der Waals surface area contributed by atoms with E-state index in [4.69, 9.17) is 4.74 Å². The minimum Gasteiger partial charge on any atom is -0.493 e. The van der Waals surface area contributed by atoms with Crippen molar-refractivity contribution < 1.29 is 9.30 Å². The van der Waals surface area contributed by atoms with Gasteiger partial charge in [0.05, 0.1) is 13.2 Å². The van der Waals surface area contributed by atoms with Gasteiger partial charge in [-0.25, -0.2) is 9.13 Å². The van der Waals surface area contributed by atoms with Crippen molar-refractivity contribution in [3.8, 4) is 11.4 Å². The number of nitrogens with zero attached hydrogens (tertiary/aromatic N) is 2. The standard InChI is InChI=1S/C29H41N2O/c1-9-25-19-26(29(6,7)8)18-24(5)28(25)32-15-11-10-12-30-13-14-31(20-30)27-22(3)16-21(2)17-23(27)4/h13-14,16-20H,9-12,15H2,1-8H3/q+1. The molecule has 0 aliphatic carbocycles. The third-order valence-electron chi connectivity index (χ3n) is 6.24. The third kappa shape index (κ3) is 5.62. The van der Waals surface area contributed by atoms with Gasteiger partial charge < -0.3 is 4.74 Å². The SMILES string of the molecule is CCc1cc(C(C)(C)C)cc(C)c1OCCCC[n+]1ccn(-c2c(C)cc(C)cc2C)c1. The van der Waals surface area contributed by atoms with Gasteiger partial charge in [0.1, 0.15) is 23.8 Å². The van der Waals surface area contributed by atoms with Gasteiger partial charge in [-0.05, 0) is 80.2 Å². The molecule has 32 heavy (non-hydrogen) atoms. The van der Waals surface area contributed by atoms with E-state index in [1.54, 1.807) is 0 Å². The Morgan fingerprint density at radius 2 is 1.59 bits per heavy atom. The smallest absolute Gasteiger partial charge is 0.248 e. The number of hydrogen-bond donors (Lipinski definition) is 0. The summed E-state index contributed by atoms with van der Waals surface area (Å²) in [6.45, 7) is 19.5. The number of ether oxygens (including phenoxy) is 1. The second-order valence-electron chi connectivity index (χ2n) is 10.2. The first-order chi connectivity index (χ1) is 15.1. The zero-order valence-corrected chi connectivity index (χ0v) is 21.4. The molecular formula is C29H41N2O+. The number of aryl methyl sites for hydroxylation is 6. The van der Waals surface area contributed by atoms with Crippen molar-refractivity contribution in [3.05, 3.63) is 76.4 Å². The second-order valence-corrected chi connectivity index (χ2v) is 10.2. The maximum atomic E-state index is 6.27. The summed E-state index contributed by atoms with van der Waals surface area (Å²) in [5, 5.41) is 0. The number of unbranched alkanes of at least 4 members (excludes halogenated alkanes) is 1. The summed E-state index contributed by atoms with van der Waals surface area (Å²) in [5.74, 6) is 1.09. The van der Waals surface area contributed by atoms with Crippen LogP contribution in [0.1, 0.15) is 73.9 Å². The molecule has 3 heteroatoms. The molecule has 0 bridgehead atoms. The number of aromatic nitrogens is 2. The molecule has 0 saturated heterocycles. The molecule has 0 spiro atoms. The molecule has 1 heterocycles. The lowest BCUT2D eigenvalue weighted by molar-refractivity contribution is -0.696. The Morgan fingerprint density at radius 1 is 0.906 bits per heavy atom. The fourth-order valence-electron chi connectivity index (χ4n) is 4.56. The molecule has 0 aliphatic rings. The summed E-state index contributed by atoms with van der Waals surface area (Å²) >= 11 is 0. The maximum absolute atomic E-state index is 6.27. The highest BCUT2D eigenvalue weighted by atomic mass is 16.5. The van der Waals surface area contributed by atoms with Gasteiger partial charge in [0.2, 0.25) is 6.33 Å². The highest BCUT2D eigenvalue weighted by Gasteiger charge is 2.18. The van der Waals surface area contributed by atoms with Gasteiger partial charge in [-0.15, -0.1) is 0 Å². The molecule has 3 nitrogen and oxygen atoms in total. The molecule has 3 rings (SSSR count). The van der Waals surface area contributed by atoms with E-state index < -0.39 is 0 Å². The Balaban J connectivity index is 1.56. The van der Waals surface area contributed by atoms with Gasteiger partial charge in [0.15, 0.2) is 0 Å². The Morgan fingerprint density at radius 3 is 2.22 bits per heavy atom. The predicted molar refractivity (Wildman–Crippen MR) is 134 cm³/mol. The van der Waals surface area contributed by atoms with E-state index in [-0.39, 0.29) is 5.41 Å². The number of hydrogen-bond acceptors (Lipinski definition) is 1. The van der Waals surface area contributed by atoms with Gasteiger partial charge in [0, 0.05) is 0 Å². The van der Waals surface area contributed by atoms with Gasteiger partial charge in [-0.2, -0.15) is 0 Å². The van der Waals surface area contributed by atoms with Crippen LogP contribution in [-0.2, 0) is 18.4 Å². The van der Waals surface area contributed by atoms with Gasteiger partial charge in [-0.3, -0.25) is 0 Å². The maximum Gasteiger partial charge on any atom is 0.248 e. The largest absolute Gasteiger partial charge is 0.493 e. The summed E-state index contributed by atoms with van der Waals surface area (Å²) in [6, 6.07) is 9.13. The summed E-state index contributed by atoms with van der Waals surface area (Å²) in [7, 11) is 0. The van der Waals surface area contributed by atoms with Crippen LogP contribution in [0.25, 0.3) is 5.69 Å². The Hall–Kier alpha value is -2.55. The molecule has 0 fully saturated rings. The van der Waals surface area contributed by atoms with Crippen LogP contribution < -0.4 is 9.30 Å². The first-order valence-electron chi connectivity index (χ1n) is 12.0. The van der Waals surface area contributed by atoms with Crippen molar-refractivity contribution in [2.75, 3.05) is 6.61 Å². The van der Waals surface area contributed by atoms with Crippen LogP contribution in [0.5, 0.6) is 5.75 Å². The molecule has 0 radical (unpaired) electrons. The van der Waals surface area contributed by atoms with Crippen molar-refractivity contribution in [1.82, 2.24) is 4.57 Å². The lowest BCUT2D eigenvalue weighted by Gasteiger charge is -2.23. The molecule has 0 N–H and O–H groups in total. The lowest BCUT2D eigenvalue weighted by Crippen LogP contribution is -2.31. The highest BCUT2D eigenvalue weighted by molar-refractivity contribution is 5.49. The third-order valence-corrected chi connectivity index (χ3v) is 6.24. The second kappa shape index (κ2) is 9.94. The van der Waals surface area contributed by atoms with Crippen molar-refractivity contribution in [3.63, 3.8) is 0 Å². The van der Waals surface area contributed by atoms with E-state index in [1.165, 1.54) is 39.1 Å². The van der Waals surface area contributed by atoms with Crippen LogP contribution in [0, 0.1) is 27.7 Å². The van der Waals surface area contributed by atoms with E-state index in [0.717, 1.165) is 38.2 Å². The minimum absolute atomic E-state index is 0.163. The van der Waals surface area contributed by atoms with Crippen molar-refractivity contribution in [2.24, 2.45) is 0 Å². The Kier molecular flexibility index (Phi) is 7.48. The van der Waals surface area contributed by atoms with Gasteiger partial charge in [-0.1, -0.05) is 57.5 Å². The summed E-state index contributed by atoms with van der Waals surface area (Å²) < 4.78 is 10.8. The van der Waals surface area contributed by atoms with Crippen molar-refractivity contribution in [2.45, 2.75) is 86.6 Å². The molecule has 0 atom stereocenters. The van der Waals surface area contributed by atoms with E-state index in [1.807, 2.05) is 0 Å². The van der Waals surface area contributed by atoms with E-state index >= 15 is 0 Å². The summed E-state index contributed by atoms with van der Waals surface area (Å²) in [6.07, 6.45) is 9.68. The van der Waals surface area contributed by atoms with Crippen LogP contribution >= 0.6 is 0 Å². The zero-order chi connectivity index (χ0) is 23.5. The van der Waals surface area contributed by atoms with Crippen molar-refractivity contribution in [1.29, 1.82) is 0 Å².